The van der Waals surface area contributed by atoms with Crippen molar-refractivity contribution in [3.8, 4) is 5.75 Å². The van der Waals surface area contributed by atoms with E-state index in [9.17, 15) is 0 Å². The van der Waals surface area contributed by atoms with Crippen molar-refractivity contribution in [3.05, 3.63) is 48.9 Å². The summed E-state index contributed by atoms with van der Waals surface area (Å²) in [6.45, 7) is 1.76. The highest BCUT2D eigenvalue weighted by atomic mass is 16.5. The summed E-state index contributed by atoms with van der Waals surface area (Å²) < 4.78 is 7.19. The largest absolute Gasteiger partial charge is 0.497 e. The van der Waals surface area contributed by atoms with E-state index in [0.29, 0.717) is 0 Å². The fourth-order valence-electron chi connectivity index (χ4n) is 2.30. The molecule has 0 unspecified atom stereocenters. The number of nitrogens with zero attached hydrogens (tertiary/aromatic N) is 3. The highest BCUT2D eigenvalue weighted by Crippen LogP contribution is 2.25. The number of nitrogens with one attached hydrogen (secondary N) is 1. The molecule has 0 bridgehead atoms. The van der Waals surface area contributed by atoms with Crippen LogP contribution in [0.15, 0.2) is 48.9 Å². The average molecular weight is 282 g/mol. The summed E-state index contributed by atoms with van der Waals surface area (Å²) in [5.41, 5.74) is 0. The molecule has 21 heavy (non-hydrogen) atoms. The molecule has 3 rings (SSSR count). The number of hydrogen-bond acceptors (Lipinski definition) is 4. The van der Waals surface area contributed by atoms with Crippen molar-refractivity contribution in [1.29, 1.82) is 0 Å². The van der Waals surface area contributed by atoms with E-state index in [-0.39, 0.29) is 0 Å². The molecule has 0 fully saturated rings. The number of rotatable bonds is 6. The van der Waals surface area contributed by atoms with E-state index in [2.05, 4.69) is 15.4 Å². The molecule has 0 aliphatic rings. The van der Waals surface area contributed by atoms with Crippen LogP contribution in [-0.4, -0.2) is 28.4 Å². The van der Waals surface area contributed by atoms with Crippen LogP contribution in [0.25, 0.3) is 10.8 Å². The molecule has 0 amide bonds. The maximum atomic E-state index is 5.25. The monoisotopic (exact) mass is 282 g/mol. The second kappa shape index (κ2) is 6.26. The molecule has 1 aromatic carbocycles. The molecule has 0 saturated heterocycles. The third-order valence-corrected chi connectivity index (χ3v) is 3.39. The minimum atomic E-state index is 0.859. The molecular formula is C16H18N4O. The van der Waals surface area contributed by atoms with Gasteiger partial charge in [0.1, 0.15) is 11.6 Å². The van der Waals surface area contributed by atoms with Crippen molar-refractivity contribution >= 4 is 16.6 Å². The van der Waals surface area contributed by atoms with E-state index in [0.717, 1.165) is 41.9 Å². The SMILES string of the molecule is COc1ccc2c(NCCCn3cccn3)nccc2c1. The minimum absolute atomic E-state index is 0.859. The van der Waals surface area contributed by atoms with Gasteiger partial charge in [-0.3, -0.25) is 4.68 Å². The summed E-state index contributed by atoms with van der Waals surface area (Å²) in [6, 6.07) is 9.95. The Morgan fingerprint density at radius 1 is 1.24 bits per heavy atom. The van der Waals surface area contributed by atoms with Crippen LogP contribution in [0.5, 0.6) is 5.75 Å². The Balaban J connectivity index is 1.66. The first-order valence-electron chi connectivity index (χ1n) is 7.01. The zero-order chi connectivity index (χ0) is 14.5. The maximum Gasteiger partial charge on any atom is 0.133 e. The van der Waals surface area contributed by atoms with Crippen molar-refractivity contribution in [1.82, 2.24) is 14.8 Å². The van der Waals surface area contributed by atoms with E-state index in [1.807, 2.05) is 47.4 Å². The van der Waals surface area contributed by atoms with Crippen molar-refractivity contribution in [2.75, 3.05) is 19.0 Å². The summed E-state index contributed by atoms with van der Waals surface area (Å²) in [7, 11) is 1.68. The Hall–Kier alpha value is -2.56. The topological polar surface area (TPSA) is 52.0 Å². The lowest BCUT2D eigenvalue weighted by molar-refractivity contribution is 0.415. The molecule has 0 saturated carbocycles. The highest BCUT2D eigenvalue weighted by Gasteiger charge is 2.03. The van der Waals surface area contributed by atoms with Crippen LogP contribution in [-0.2, 0) is 6.54 Å². The zero-order valence-electron chi connectivity index (χ0n) is 12.0. The maximum absolute atomic E-state index is 5.25. The van der Waals surface area contributed by atoms with Gasteiger partial charge in [0.25, 0.3) is 0 Å². The van der Waals surface area contributed by atoms with Crippen LogP contribution >= 0.6 is 0 Å². The van der Waals surface area contributed by atoms with Gasteiger partial charge in [-0.05, 0) is 42.1 Å². The second-order valence-electron chi connectivity index (χ2n) is 4.80. The number of hydrogen-bond donors (Lipinski definition) is 1. The lowest BCUT2D eigenvalue weighted by atomic mass is 10.1. The molecule has 0 aliphatic carbocycles. The van der Waals surface area contributed by atoms with E-state index >= 15 is 0 Å². The molecule has 0 spiro atoms. The van der Waals surface area contributed by atoms with E-state index < -0.39 is 0 Å². The van der Waals surface area contributed by atoms with Gasteiger partial charge in [-0.2, -0.15) is 5.10 Å². The molecule has 5 heteroatoms. The van der Waals surface area contributed by atoms with Crippen LogP contribution in [0.1, 0.15) is 6.42 Å². The molecule has 108 valence electrons. The highest BCUT2D eigenvalue weighted by molar-refractivity contribution is 5.92. The van der Waals surface area contributed by atoms with Gasteiger partial charge in [-0.15, -0.1) is 0 Å². The van der Waals surface area contributed by atoms with Gasteiger partial charge in [0, 0.05) is 37.1 Å². The number of aryl methyl sites for hydroxylation is 1. The van der Waals surface area contributed by atoms with Crippen molar-refractivity contribution in [3.63, 3.8) is 0 Å². The molecule has 5 nitrogen and oxygen atoms in total. The lowest BCUT2D eigenvalue weighted by Gasteiger charge is -2.09. The fraction of sp³-hybridized carbons (Fsp3) is 0.250. The first-order valence-corrected chi connectivity index (χ1v) is 7.01. The van der Waals surface area contributed by atoms with Crippen molar-refractivity contribution in [2.45, 2.75) is 13.0 Å². The number of ether oxygens (including phenoxy) is 1. The standard InChI is InChI=1S/C16H18N4O/c1-21-14-4-5-15-13(12-14)6-9-18-16(15)17-7-2-10-20-11-3-8-19-20/h3-6,8-9,11-12H,2,7,10H2,1H3,(H,17,18). The van der Waals surface area contributed by atoms with Crippen LogP contribution in [0.4, 0.5) is 5.82 Å². The molecule has 2 aromatic heterocycles. The molecule has 1 N–H and O–H groups in total. The summed E-state index contributed by atoms with van der Waals surface area (Å²) >= 11 is 0. The van der Waals surface area contributed by atoms with Gasteiger partial charge in [-0.1, -0.05) is 0 Å². The van der Waals surface area contributed by atoms with Gasteiger partial charge < -0.3 is 10.1 Å². The first-order chi connectivity index (χ1) is 10.4. The Morgan fingerprint density at radius 3 is 3.00 bits per heavy atom. The summed E-state index contributed by atoms with van der Waals surface area (Å²) in [4.78, 5) is 4.42. The minimum Gasteiger partial charge on any atom is -0.497 e. The first kappa shape index (κ1) is 13.4. The van der Waals surface area contributed by atoms with Gasteiger partial charge in [-0.25, -0.2) is 4.98 Å². The van der Waals surface area contributed by atoms with Gasteiger partial charge in [0.2, 0.25) is 0 Å². The fourth-order valence-corrected chi connectivity index (χ4v) is 2.30. The third kappa shape index (κ3) is 3.13. The lowest BCUT2D eigenvalue weighted by Crippen LogP contribution is -2.08. The quantitative estimate of drug-likeness (QED) is 0.706. The number of benzene rings is 1. The Morgan fingerprint density at radius 2 is 2.19 bits per heavy atom. The molecule has 0 aliphatic heterocycles. The normalized spacial score (nSPS) is 10.7. The number of anilines is 1. The second-order valence-corrected chi connectivity index (χ2v) is 4.80. The van der Waals surface area contributed by atoms with Crippen LogP contribution in [0.2, 0.25) is 0 Å². The molecule has 0 atom stereocenters. The predicted octanol–water partition coefficient (Wildman–Crippen LogP) is 2.94. The summed E-state index contributed by atoms with van der Waals surface area (Å²) in [5.74, 6) is 1.77. The number of pyridine rings is 1. The van der Waals surface area contributed by atoms with E-state index in [4.69, 9.17) is 4.74 Å². The summed E-state index contributed by atoms with van der Waals surface area (Å²) in [5, 5.41) is 9.82. The van der Waals surface area contributed by atoms with E-state index in [1.165, 1.54) is 0 Å². The molecule has 0 radical (unpaired) electrons. The predicted molar refractivity (Wildman–Crippen MR) is 83.6 cm³/mol. The summed E-state index contributed by atoms with van der Waals surface area (Å²) in [6.07, 6.45) is 6.59. The third-order valence-electron chi connectivity index (χ3n) is 3.39. The molecular weight excluding hydrogens is 264 g/mol. The molecule has 3 aromatic rings. The Bertz CT molecular complexity index is 709. The van der Waals surface area contributed by atoms with Crippen molar-refractivity contribution < 1.29 is 4.74 Å². The van der Waals surface area contributed by atoms with Crippen LogP contribution in [0, 0.1) is 0 Å². The number of fused-ring (bicyclic) bond motifs is 1. The molecule has 2 heterocycles. The number of methoxy groups -OCH3 is 1. The Kier molecular flexibility index (Phi) is 4.00. The smallest absolute Gasteiger partial charge is 0.133 e. The number of aromatic nitrogens is 3. The van der Waals surface area contributed by atoms with Gasteiger partial charge in [0.05, 0.1) is 7.11 Å². The zero-order valence-corrected chi connectivity index (χ0v) is 12.0. The van der Waals surface area contributed by atoms with Crippen LogP contribution < -0.4 is 10.1 Å². The van der Waals surface area contributed by atoms with E-state index in [1.54, 1.807) is 13.3 Å². The van der Waals surface area contributed by atoms with Gasteiger partial charge >= 0.3 is 0 Å². The van der Waals surface area contributed by atoms with Crippen molar-refractivity contribution in [2.24, 2.45) is 0 Å². The average Bonchev–Trinajstić information content (AvgIpc) is 3.04. The van der Waals surface area contributed by atoms with Gasteiger partial charge in [0.15, 0.2) is 0 Å². The Labute approximate surface area is 123 Å². The van der Waals surface area contributed by atoms with Crippen LogP contribution in [0.3, 0.4) is 0 Å².